The normalized spacial score (nSPS) is 11.2. The first-order valence-electron chi connectivity index (χ1n) is 5.54. The second-order valence-corrected chi connectivity index (χ2v) is 3.65. The summed E-state index contributed by atoms with van der Waals surface area (Å²) in [4.78, 5) is 2.26. The van der Waals surface area contributed by atoms with E-state index in [0.717, 1.165) is 38.4 Å². The van der Waals surface area contributed by atoms with Crippen LogP contribution in [0, 0.1) is 0 Å². The SMILES string of the molecule is CCNCc1cn(CCN(C)CC)nn1. The molecule has 0 amide bonds. The molecule has 5 nitrogen and oxygen atoms in total. The lowest BCUT2D eigenvalue weighted by Gasteiger charge is -2.12. The second-order valence-electron chi connectivity index (χ2n) is 3.65. The molecule has 0 spiro atoms. The predicted octanol–water partition coefficient (Wildman–Crippen LogP) is 0.339. The molecule has 0 radical (unpaired) electrons. The van der Waals surface area contributed by atoms with E-state index in [2.05, 4.69) is 41.4 Å². The van der Waals surface area contributed by atoms with Gasteiger partial charge < -0.3 is 10.2 Å². The minimum atomic E-state index is 0.806. The summed E-state index contributed by atoms with van der Waals surface area (Å²) >= 11 is 0. The van der Waals surface area contributed by atoms with Crippen molar-refractivity contribution in [3.63, 3.8) is 0 Å². The number of rotatable bonds is 7. The summed E-state index contributed by atoms with van der Waals surface area (Å²) < 4.78 is 1.90. The number of hydrogen-bond donors (Lipinski definition) is 1. The van der Waals surface area contributed by atoms with Crippen molar-refractivity contribution in [2.24, 2.45) is 0 Å². The number of aromatic nitrogens is 3. The molecule has 0 saturated heterocycles. The summed E-state index contributed by atoms with van der Waals surface area (Å²) in [6.07, 6.45) is 2.01. The molecule has 0 bridgehead atoms. The summed E-state index contributed by atoms with van der Waals surface area (Å²) in [5.41, 5.74) is 1.01. The lowest BCUT2D eigenvalue weighted by molar-refractivity contribution is 0.326. The van der Waals surface area contributed by atoms with Gasteiger partial charge in [-0.3, -0.25) is 4.68 Å². The molecule has 0 aromatic carbocycles. The molecule has 1 aromatic rings. The Hall–Kier alpha value is -0.940. The van der Waals surface area contributed by atoms with Gasteiger partial charge in [-0.2, -0.15) is 0 Å². The minimum Gasteiger partial charge on any atom is -0.311 e. The average molecular weight is 211 g/mol. The van der Waals surface area contributed by atoms with Crippen molar-refractivity contribution in [2.45, 2.75) is 26.9 Å². The van der Waals surface area contributed by atoms with Crippen molar-refractivity contribution >= 4 is 0 Å². The van der Waals surface area contributed by atoms with E-state index in [4.69, 9.17) is 0 Å². The second kappa shape index (κ2) is 6.53. The maximum absolute atomic E-state index is 4.09. The standard InChI is InChI=1S/C10H21N5/c1-4-11-8-10-9-15(13-12-10)7-6-14(3)5-2/h9,11H,4-8H2,1-3H3. The van der Waals surface area contributed by atoms with Gasteiger partial charge in [0.05, 0.1) is 12.2 Å². The summed E-state index contributed by atoms with van der Waals surface area (Å²) in [5, 5.41) is 11.4. The van der Waals surface area contributed by atoms with Gasteiger partial charge in [0.1, 0.15) is 0 Å². The van der Waals surface area contributed by atoms with Gasteiger partial charge in [-0.25, -0.2) is 0 Å². The third kappa shape index (κ3) is 4.40. The number of hydrogen-bond acceptors (Lipinski definition) is 4. The fourth-order valence-electron chi connectivity index (χ4n) is 1.21. The molecule has 0 aliphatic carbocycles. The van der Waals surface area contributed by atoms with Crippen molar-refractivity contribution in [3.8, 4) is 0 Å². The maximum atomic E-state index is 4.09. The Morgan fingerprint density at radius 1 is 1.47 bits per heavy atom. The first kappa shape index (κ1) is 12.1. The summed E-state index contributed by atoms with van der Waals surface area (Å²) in [6, 6.07) is 0. The van der Waals surface area contributed by atoms with Gasteiger partial charge in [-0.05, 0) is 20.1 Å². The Morgan fingerprint density at radius 2 is 2.27 bits per heavy atom. The first-order valence-corrected chi connectivity index (χ1v) is 5.54. The zero-order valence-corrected chi connectivity index (χ0v) is 9.90. The van der Waals surface area contributed by atoms with E-state index in [1.54, 1.807) is 0 Å². The van der Waals surface area contributed by atoms with Gasteiger partial charge in [-0.15, -0.1) is 5.10 Å². The average Bonchev–Trinajstić information content (AvgIpc) is 2.71. The van der Waals surface area contributed by atoms with E-state index in [9.17, 15) is 0 Å². The summed E-state index contributed by atoms with van der Waals surface area (Å²) in [6.45, 7) is 8.99. The largest absolute Gasteiger partial charge is 0.311 e. The first-order chi connectivity index (χ1) is 7.26. The lowest BCUT2D eigenvalue weighted by atomic mass is 10.4. The monoisotopic (exact) mass is 211 g/mol. The van der Waals surface area contributed by atoms with Gasteiger partial charge in [-0.1, -0.05) is 19.1 Å². The molecule has 1 aromatic heterocycles. The van der Waals surface area contributed by atoms with Gasteiger partial charge in [0.15, 0.2) is 0 Å². The molecule has 0 saturated carbocycles. The molecule has 15 heavy (non-hydrogen) atoms. The third-order valence-corrected chi connectivity index (χ3v) is 2.39. The Labute approximate surface area is 91.5 Å². The molecule has 0 aliphatic heterocycles. The maximum Gasteiger partial charge on any atom is 0.0964 e. The quantitative estimate of drug-likeness (QED) is 0.706. The molecular weight excluding hydrogens is 190 g/mol. The molecule has 1 rings (SSSR count). The van der Waals surface area contributed by atoms with Crippen molar-refractivity contribution < 1.29 is 0 Å². The van der Waals surface area contributed by atoms with Crippen LogP contribution in [0.25, 0.3) is 0 Å². The van der Waals surface area contributed by atoms with E-state index in [-0.39, 0.29) is 0 Å². The van der Waals surface area contributed by atoms with E-state index in [1.807, 2.05) is 10.9 Å². The van der Waals surface area contributed by atoms with Crippen LogP contribution in [0.15, 0.2) is 6.20 Å². The van der Waals surface area contributed by atoms with E-state index in [1.165, 1.54) is 0 Å². The fraction of sp³-hybridized carbons (Fsp3) is 0.800. The van der Waals surface area contributed by atoms with Crippen LogP contribution in [-0.4, -0.2) is 46.6 Å². The lowest BCUT2D eigenvalue weighted by Crippen LogP contribution is -2.22. The van der Waals surface area contributed by atoms with E-state index in [0.29, 0.717) is 0 Å². The van der Waals surface area contributed by atoms with Crippen LogP contribution in [0.5, 0.6) is 0 Å². The highest BCUT2D eigenvalue weighted by Gasteiger charge is 2.00. The Kier molecular flexibility index (Phi) is 5.28. The van der Waals surface area contributed by atoms with Crippen LogP contribution >= 0.6 is 0 Å². The summed E-state index contributed by atoms with van der Waals surface area (Å²) in [5.74, 6) is 0. The van der Waals surface area contributed by atoms with E-state index >= 15 is 0 Å². The molecule has 0 unspecified atom stereocenters. The Morgan fingerprint density at radius 3 is 2.93 bits per heavy atom. The van der Waals surface area contributed by atoms with Crippen molar-refractivity contribution in [3.05, 3.63) is 11.9 Å². The van der Waals surface area contributed by atoms with Crippen LogP contribution in [0.2, 0.25) is 0 Å². The molecule has 0 atom stereocenters. The van der Waals surface area contributed by atoms with Gasteiger partial charge >= 0.3 is 0 Å². The topological polar surface area (TPSA) is 46.0 Å². The van der Waals surface area contributed by atoms with Crippen LogP contribution in [-0.2, 0) is 13.1 Å². The van der Waals surface area contributed by atoms with Gasteiger partial charge in [0, 0.05) is 19.3 Å². The van der Waals surface area contributed by atoms with Crippen molar-refractivity contribution in [1.29, 1.82) is 0 Å². The molecule has 1 N–H and O–H groups in total. The van der Waals surface area contributed by atoms with Crippen LogP contribution in [0.1, 0.15) is 19.5 Å². The molecule has 0 fully saturated rings. The molecule has 86 valence electrons. The van der Waals surface area contributed by atoms with Gasteiger partial charge in [0.25, 0.3) is 0 Å². The zero-order valence-electron chi connectivity index (χ0n) is 9.90. The predicted molar refractivity (Wildman–Crippen MR) is 60.6 cm³/mol. The van der Waals surface area contributed by atoms with Crippen LogP contribution in [0.3, 0.4) is 0 Å². The minimum absolute atomic E-state index is 0.806. The highest BCUT2D eigenvalue weighted by Crippen LogP contribution is 1.93. The van der Waals surface area contributed by atoms with Crippen LogP contribution in [0.4, 0.5) is 0 Å². The van der Waals surface area contributed by atoms with Crippen molar-refractivity contribution in [2.75, 3.05) is 26.7 Å². The number of nitrogens with zero attached hydrogens (tertiary/aromatic N) is 4. The fourth-order valence-corrected chi connectivity index (χ4v) is 1.21. The number of likely N-dealkylation sites (N-methyl/N-ethyl adjacent to an activating group) is 1. The van der Waals surface area contributed by atoms with Crippen molar-refractivity contribution in [1.82, 2.24) is 25.2 Å². The zero-order chi connectivity index (χ0) is 11.1. The van der Waals surface area contributed by atoms with E-state index < -0.39 is 0 Å². The highest BCUT2D eigenvalue weighted by atomic mass is 15.4. The van der Waals surface area contributed by atoms with Crippen LogP contribution < -0.4 is 5.32 Å². The molecule has 0 aliphatic rings. The molecule has 1 heterocycles. The summed E-state index contributed by atoms with van der Waals surface area (Å²) in [7, 11) is 2.11. The van der Waals surface area contributed by atoms with Gasteiger partial charge in [0.2, 0.25) is 0 Å². The number of nitrogens with one attached hydrogen (secondary N) is 1. The molecule has 5 heteroatoms. The Balaban J connectivity index is 2.32. The highest BCUT2D eigenvalue weighted by molar-refractivity contribution is 4.91. The third-order valence-electron chi connectivity index (χ3n) is 2.39. The Bertz CT molecular complexity index is 271. The molecular formula is C10H21N5. The smallest absolute Gasteiger partial charge is 0.0964 e.